The third-order valence-electron chi connectivity index (χ3n) is 5.19. The number of nitrogen functional groups attached to an aromatic ring is 1. The number of hydrogen-bond acceptors (Lipinski definition) is 11. The first-order valence-electron chi connectivity index (χ1n) is 9.31. The van der Waals surface area contributed by atoms with Gasteiger partial charge in [-0.1, -0.05) is 0 Å². The number of carbonyl (C=O) groups is 1. The lowest BCUT2D eigenvalue weighted by atomic mass is 10.1. The number of rotatable bonds is 8. The quantitative estimate of drug-likeness (QED) is 0.315. The van der Waals surface area contributed by atoms with E-state index in [1.807, 2.05) is 0 Å². The van der Waals surface area contributed by atoms with Crippen LogP contribution in [-0.4, -0.2) is 89.2 Å². The van der Waals surface area contributed by atoms with Crippen LogP contribution in [0.3, 0.4) is 0 Å². The highest BCUT2D eigenvalue weighted by Crippen LogP contribution is 2.32. The molecule has 0 radical (unpaired) electrons. The number of aliphatic carboxylic acids is 1. The number of ether oxygens (including phenoxy) is 1. The van der Waals surface area contributed by atoms with Crippen LogP contribution in [0, 0.1) is 11.3 Å². The highest BCUT2D eigenvalue weighted by Gasteiger charge is 2.45. The van der Waals surface area contributed by atoms with Crippen molar-refractivity contribution in [2.45, 2.75) is 50.0 Å². The molecule has 13 heteroatoms. The maximum absolute atomic E-state index is 11.0. The van der Waals surface area contributed by atoms with Gasteiger partial charge in [0.2, 0.25) is 0 Å². The van der Waals surface area contributed by atoms with E-state index in [9.17, 15) is 20.3 Å². The molecule has 1 unspecified atom stereocenters. The minimum absolute atomic E-state index is 0.0829. The Morgan fingerprint density at radius 2 is 2.13 bits per heavy atom. The Hall–Kier alpha value is -2.89. The molecule has 0 amide bonds. The molecule has 0 spiro atoms. The highest BCUT2D eigenvalue weighted by molar-refractivity contribution is 5.81. The molecule has 1 aliphatic heterocycles. The van der Waals surface area contributed by atoms with Crippen molar-refractivity contribution in [2.75, 3.05) is 18.8 Å². The van der Waals surface area contributed by atoms with Gasteiger partial charge < -0.3 is 31.5 Å². The Labute approximate surface area is 171 Å². The number of carboxylic acid groups (broad SMARTS) is 1. The summed E-state index contributed by atoms with van der Waals surface area (Å²) in [5.41, 5.74) is 12.0. The number of carboxylic acids is 1. The van der Waals surface area contributed by atoms with Crippen molar-refractivity contribution in [3.8, 4) is 6.07 Å². The van der Waals surface area contributed by atoms with Crippen molar-refractivity contribution in [2.24, 2.45) is 5.73 Å². The zero-order chi connectivity index (χ0) is 22.0. The summed E-state index contributed by atoms with van der Waals surface area (Å²) in [6, 6.07) is 0.420. The first kappa shape index (κ1) is 21.8. The summed E-state index contributed by atoms with van der Waals surface area (Å²) < 4.78 is 7.34. The van der Waals surface area contributed by atoms with Gasteiger partial charge in [-0.2, -0.15) is 5.26 Å². The van der Waals surface area contributed by atoms with E-state index >= 15 is 0 Å². The number of aromatic nitrogens is 4. The Balaban J connectivity index is 1.76. The number of nitriles is 1. The zero-order valence-corrected chi connectivity index (χ0v) is 16.2. The van der Waals surface area contributed by atoms with Gasteiger partial charge >= 0.3 is 5.97 Å². The van der Waals surface area contributed by atoms with E-state index in [-0.39, 0.29) is 25.3 Å². The molecule has 30 heavy (non-hydrogen) atoms. The predicted octanol–water partition coefficient (Wildman–Crippen LogP) is -1.96. The van der Waals surface area contributed by atoms with Crippen LogP contribution in [-0.2, 0) is 9.53 Å². The van der Waals surface area contributed by atoms with Crippen LogP contribution in [0.2, 0.25) is 0 Å². The smallest absolute Gasteiger partial charge is 0.320 e. The number of aliphatic hydroxyl groups is 2. The van der Waals surface area contributed by atoms with E-state index in [0.29, 0.717) is 11.2 Å². The van der Waals surface area contributed by atoms with Crippen LogP contribution in [0.15, 0.2) is 12.7 Å². The number of fused-ring (bicyclic) bond motifs is 1. The van der Waals surface area contributed by atoms with Crippen molar-refractivity contribution in [3.05, 3.63) is 12.7 Å². The Bertz CT molecular complexity index is 946. The largest absolute Gasteiger partial charge is 0.480 e. The maximum atomic E-state index is 11.0. The van der Waals surface area contributed by atoms with Crippen LogP contribution >= 0.6 is 0 Å². The summed E-state index contributed by atoms with van der Waals surface area (Å²) in [5, 5.41) is 39.3. The van der Waals surface area contributed by atoms with Gasteiger partial charge in [-0.3, -0.25) is 14.3 Å². The zero-order valence-electron chi connectivity index (χ0n) is 16.2. The van der Waals surface area contributed by atoms with E-state index in [1.165, 1.54) is 17.2 Å². The second-order valence-electron chi connectivity index (χ2n) is 7.16. The number of imidazole rings is 1. The van der Waals surface area contributed by atoms with Crippen molar-refractivity contribution >= 4 is 23.0 Å². The molecule has 2 aromatic heterocycles. The summed E-state index contributed by atoms with van der Waals surface area (Å²) in [6.07, 6.45) is -1.62. The third kappa shape index (κ3) is 4.18. The van der Waals surface area contributed by atoms with Crippen LogP contribution in [0.4, 0.5) is 5.82 Å². The number of anilines is 1. The normalized spacial score (nSPS) is 26.0. The van der Waals surface area contributed by atoms with Crippen molar-refractivity contribution in [1.82, 2.24) is 24.4 Å². The molecular weight excluding hydrogens is 396 g/mol. The van der Waals surface area contributed by atoms with Crippen molar-refractivity contribution in [1.29, 1.82) is 5.26 Å². The van der Waals surface area contributed by atoms with Gasteiger partial charge in [-0.25, -0.2) is 15.0 Å². The molecule has 0 saturated carbocycles. The van der Waals surface area contributed by atoms with E-state index in [1.54, 1.807) is 11.8 Å². The SMILES string of the molecule is CC(C#N)N(CC[C@H](N)C(=O)O)C[C@H]1O[C@@H](n2cnc3c(N)ncnc32)[C@H](O)[C@@H]1O. The lowest BCUT2D eigenvalue weighted by molar-refractivity contribution is -0.138. The first-order valence-corrected chi connectivity index (χ1v) is 9.31. The van der Waals surface area contributed by atoms with E-state index in [4.69, 9.17) is 21.3 Å². The molecule has 1 saturated heterocycles. The molecule has 0 aromatic carbocycles. The number of nitrogens with two attached hydrogens (primary N) is 2. The molecule has 0 bridgehead atoms. The molecule has 0 aliphatic carbocycles. The fourth-order valence-electron chi connectivity index (χ4n) is 3.35. The summed E-state index contributed by atoms with van der Waals surface area (Å²) in [7, 11) is 0. The fraction of sp³-hybridized carbons (Fsp3) is 0.588. The van der Waals surface area contributed by atoms with Gasteiger partial charge in [0, 0.05) is 13.1 Å². The maximum Gasteiger partial charge on any atom is 0.320 e. The Kier molecular flexibility index (Phi) is 6.44. The molecule has 3 rings (SSSR count). The van der Waals surface area contributed by atoms with Crippen LogP contribution in [0.5, 0.6) is 0 Å². The standard InChI is InChI=1S/C17H24N8O5/c1-8(4-18)24(3-2-9(19)17(28)29)5-10-12(26)13(27)16(30-10)25-7-23-11-14(20)21-6-22-15(11)25/h6-10,12-13,16,26-27H,2-3,5,19H2,1H3,(H,28,29)(H2,20,21,22)/t8?,9-,10+,12+,13+,16+/m0/s1. The van der Waals surface area contributed by atoms with Crippen LogP contribution < -0.4 is 11.5 Å². The highest BCUT2D eigenvalue weighted by atomic mass is 16.6. The van der Waals surface area contributed by atoms with Gasteiger partial charge in [0.05, 0.1) is 18.4 Å². The topological polar surface area (TPSA) is 210 Å². The van der Waals surface area contributed by atoms with Gasteiger partial charge in [-0.05, 0) is 13.3 Å². The molecule has 2 aromatic rings. The Morgan fingerprint density at radius 1 is 1.40 bits per heavy atom. The fourth-order valence-corrected chi connectivity index (χ4v) is 3.35. The average Bonchev–Trinajstić information content (AvgIpc) is 3.27. The number of aliphatic hydroxyl groups excluding tert-OH is 2. The average molecular weight is 420 g/mol. The third-order valence-corrected chi connectivity index (χ3v) is 5.19. The number of nitrogens with zero attached hydrogens (tertiary/aromatic N) is 6. The second kappa shape index (κ2) is 8.86. The van der Waals surface area contributed by atoms with E-state index in [2.05, 4.69) is 21.0 Å². The summed E-state index contributed by atoms with van der Waals surface area (Å²) in [5.74, 6) is -0.965. The molecule has 13 nitrogen and oxygen atoms in total. The molecule has 162 valence electrons. The van der Waals surface area contributed by atoms with Crippen molar-refractivity contribution in [3.63, 3.8) is 0 Å². The van der Waals surface area contributed by atoms with Gasteiger partial charge in [-0.15, -0.1) is 0 Å². The molecular formula is C17H24N8O5. The molecule has 1 fully saturated rings. The lowest BCUT2D eigenvalue weighted by Gasteiger charge is -2.29. The lowest BCUT2D eigenvalue weighted by Crippen LogP contribution is -2.45. The molecule has 3 heterocycles. The van der Waals surface area contributed by atoms with Crippen LogP contribution in [0.25, 0.3) is 11.2 Å². The second-order valence-corrected chi connectivity index (χ2v) is 7.16. The molecule has 1 aliphatic rings. The first-order chi connectivity index (χ1) is 14.2. The van der Waals surface area contributed by atoms with Gasteiger partial charge in [0.15, 0.2) is 17.7 Å². The van der Waals surface area contributed by atoms with E-state index < -0.39 is 42.6 Å². The predicted molar refractivity (Wildman–Crippen MR) is 103 cm³/mol. The minimum atomic E-state index is -1.29. The number of hydrogen-bond donors (Lipinski definition) is 5. The molecule has 6 atom stereocenters. The summed E-state index contributed by atoms with van der Waals surface area (Å²) in [4.78, 5) is 24.7. The van der Waals surface area contributed by atoms with Crippen LogP contribution in [0.1, 0.15) is 19.6 Å². The summed E-state index contributed by atoms with van der Waals surface area (Å²) >= 11 is 0. The summed E-state index contributed by atoms with van der Waals surface area (Å²) in [6.45, 7) is 1.93. The minimum Gasteiger partial charge on any atom is -0.480 e. The van der Waals surface area contributed by atoms with E-state index in [0.717, 1.165) is 0 Å². The monoisotopic (exact) mass is 420 g/mol. The van der Waals surface area contributed by atoms with Gasteiger partial charge in [0.1, 0.15) is 36.2 Å². The van der Waals surface area contributed by atoms with Crippen molar-refractivity contribution < 1.29 is 24.9 Å². The Morgan fingerprint density at radius 3 is 2.80 bits per heavy atom. The molecule has 7 N–H and O–H groups in total. The van der Waals surface area contributed by atoms with Gasteiger partial charge in [0.25, 0.3) is 0 Å².